The van der Waals surface area contributed by atoms with Crippen molar-refractivity contribution in [3.63, 3.8) is 0 Å². The van der Waals surface area contributed by atoms with Crippen LogP contribution in [0.4, 0.5) is 11.4 Å². The maximum atomic E-state index is 11.7. The molecule has 4 aromatic carbocycles. The van der Waals surface area contributed by atoms with Crippen LogP contribution in [0.25, 0.3) is 0 Å². The third-order valence-corrected chi connectivity index (χ3v) is 8.61. The molecule has 0 aromatic heterocycles. The zero-order valence-corrected chi connectivity index (χ0v) is 28.3. The minimum atomic E-state index is -1.03. The van der Waals surface area contributed by atoms with Gasteiger partial charge in [-0.2, -0.15) is 0 Å². The molecule has 0 saturated heterocycles. The molecule has 6 nitrogen and oxygen atoms in total. The van der Waals surface area contributed by atoms with Crippen LogP contribution in [0.2, 0.25) is 30.1 Å². The fourth-order valence-corrected chi connectivity index (χ4v) is 5.31. The fraction of sp³-hybridized carbons (Fsp3) is 0.133. The van der Waals surface area contributed by atoms with Gasteiger partial charge in [-0.15, -0.1) is 0 Å². The van der Waals surface area contributed by atoms with Crippen LogP contribution in [-0.4, -0.2) is 12.4 Å². The second-order valence-corrected chi connectivity index (χ2v) is 11.4. The Morgan fingerprint density at radius 1 is 0.512 bits per heavy atom. The van der Waals surface area contributed by atoms with Crippen molar-refractivity contribution in [3.8, 4) is 34.5 Å². The number of para-hydroxylation sites is 2. The van der Waals surface area contributed by atoms with Crippen LogP contribution in [0.15, 0.2) is 46.4 Å². The van der Waals surface area contributed by atoms with Gasteiger partial charge in [0.15, 0.2) is 23.0 Å². The Kier molecular flexibility index (Phi) is 11.9. The maximum Gasteiger partial charge on any atom is 2.00 e. The molecule has 0 saturated carbocycles. The van der Waals surface area contributed by atoms with Crippen LogP contribution < -0.4 is 19.7 Å². The molecule has 0 fully saturated rings. The summed E-state index contributed by atoms with van der Waals surface area (Å²) >= 11 is 35.5. The summed E-state index contributed by atoms with van der Waals surface area (Å²) in [4.78, 5) is 9.01. The summed E-state index contributed by atoms with van der Waals surface area (Å²) in [6, 6.07) is 12.4. The predicted molar refractivity (Wildman–Crippen MR) is 170 cm³/mol. The first-order chi connectivity index (χ1) is 19.8. The Morgan fingerprint density at radius 2 is 0.791 bits per heavy atom. The van der Waals surface area contributed by atoms with E-state index in [-0.39, 0.29) is 59.6 Å². The molecular weight excluding hydrogens is 724 g/mol. The number of halogens is 6. The minimum Gasteiger partial charge on any atom is -0.872 e. The van der Waals surface area contributed by atoms with Gasteiger partial charge in [0, 0.05) is 12.4 Å². The van der Waals surface area contributed by atoms with Crippen LogP contribution in [-0.2, 0) is 16.5 Å². The van der Waals surface area contributed by atoms with E-state index in [1.165, 1.54) is 22.3 Å². The second-order valence-electron chi connectivity index (χ2n) is 9.10. The van der Waals surface area contributed by atoms with Crippen LogP contribution in [0, 0.1) is 27.7 Å². The Balaban J connectivity index is 0.000000231. The first-order valence-electron chi connectivity index (χ1n) is 12.1. The Hall–Kier alpha value is -2.35. The van der Waals surface area contributed by atoms with E-state index >= 15 is 0 Å². The van der Waals surface area contributed by atoms with E-state index in [9.17, 15) is 10.2 Å². The van der Waals surface area contributed by atoms with Gasteiger partial charge in [0.1, 0.15) is 10.0 Å². The predicted octanol–water partition coefficient (Wildman–Crippen LogP) is 10.7. The van der Waals surface area contributed by atoms with Crippen LogP contribution >= 0.6 is 69.6 Å². The molecule has 0 bridgehead atoms. The van der Waals surface area contributed by atoms with Gasteiger partial charge in [0.05, 0.1) is 31.5 Å². The smallest absolute Gasteiger partial charge is 0.872 e. The molecule has 226 valence electrons. The molecule has 0 amide bonds. The van der Waals surface area contributed by atoms with Gasteiger partial charge in [-0.1, -0.05) is 118 Å². The van der Waals surface area contributed by atoms with Crippen molar-refractivity contribution in [3.05, 3.63) is 88.8 Å². The monoisotopic (exact) mass is 740 g/mol. The average Bonchev–Trinajstić information content (AvgIpc) is 2.97. The van der Waals surface area contributed by atoms with Crippen molar-refractivity contribution < 1.29 is 36.2 Å². The zero-order chi connectivity index (χ0) is 30.9. The van der Waals surface area contributed by atoms with Gasteiger partial charge in [-0.25, -0.2) is 0 Å². The Labute approximate surface area is 288 Å². The van der Waals surface area contributed by atoms with Crippen molar-refractivity contribution in [1.29, 1.82) is 0 Å². The molecule has 0 unspecified atom stereocenters. The molecule has 5 rings (SSSR count). The standard InChI is InChI=1S/C18H20N2.C12H2Cl6O4.Ni/c1-13-7-5-8-14(2)17(13)19-11-12-20-18-15(3)9-6-10-16(18)4;13-1-2(14)4(16)10-9(3(1)15)21-11-5(17)7(19)8(20)6(18)12(11)22-10;/h5-12H,1-4H3;19-20H;/q;;+2/p-2. The van der Waals surface area contributed by atoms with Gasteiger partial charge in [-0.3, -0.25) is 9.98 Å². The molecular formula is C30H20Cl6N2NiO4. The first kappa shape index (κ1) is 35.1. The van der Waals surface area contributed by atoms with E-state index in [0.717, 1.165) is 11.4 Å². The molecule has 1 aliphatic heterocycles. The van der Waals surface area contributed by atoms with E-state index in [1.54, 1.807) is 12.4 Å². The SMILES string of the molecule is Cc1cccc(C)c1N=CC=Nc1c(C)cccc1C.[Ni+2].[O-]c1c([O-])c(Cl)c2c(c1Cl)Oc1c(Cl)c(Cl)c(Cl)c(Cl)c1O2. The van der Waals surface area contributed by atoms with E-state index in [4.69, 9.17) is 79.1 Å². The quantitative estimate of drug-likeness (QED) is 0.0796. The number of aliphatic imine (C=N–C) groups is 2. The van der Waals surface area contributed by atoms with Crippen molar-refractivity contribution in [1.82, 2.24) is 0 Å². The molecule has 0 radical (unpaired) electrons. The summed E-state index contributed by atoms with van der Waals surface area (Å²) in [6.07, 6.45) is 3.53. The Bertz CT molecular complexity index is 1540. The van der Waals surface area contributed by atoms with Crippen LogP contribution in [0.5, 0.6) is 34.5 Å². The van der Waals surface area contributed by atoms with E-state index in [2.05, 4.69) is 74.1 Å². The minimum absolute atomic E-state index is 0. The summed E-state index contributed by atoms with van der Waals surface area (Å²) in [7, 11) is 0. The number of nitrogens with zero attached hydrogens (tertiary/aromatic N) is 2. The molecule has 13 heteroatoms. The second kappa shape index (κ2) is 14.6. The van der Waals surface area contributed by atoms with E-state index in [1.807, 2.05) is 0 Å². The molecule has 0 N–H and O–H groups in total. The van der Waals surface area contributed by atoms with E-state index in [0.29, 0.717) is 0 Å². The third-order valence-electron chi connectivity index (χ3n) is 6.15. The van der Waals surface area contributed by atoms with Crippen LogP contribution in [0.1, 0.15) is 22.3 Å². The summed E-state index contributed by atoms with van der Waals surface area (Å²) in [5.41, 5.74) is 6.79. The van der Waals surface area contributed by atoms with Crippen molar-refractivity contribution in [2.24, 2.45) is 9.98 Å². The van der Waals surface area contributed by atoms with Gasteiger partial charge in [0.2, 0.25) is 0 Å². The van der Waals surface area contributed by atoms with Gasteiger partial charge in [-0.05, 0) is 49.9 Å². The van der Waals surface area contributed by atoms with Crippen LogP contribution in [0.3, 0.4) is 0 Å². The molecule has 0 atom stereocenters. The fourth-order valence-electron chi connectivity index (χ4n) is 4.00. The summed E-state index contributed by atoms with van der Waals surface area (Å²) < 4.78 is 10.9. The number of hydrogen-bond donors (Lipinski definition) is 0. The molecule has 4 aromatic rings. The Morgan fingerprint density at radius 3 is 1.09 bits per heavy atom. The summed E-state index contributed by atoms with van der Waals surface area (Å²) in [6.45, 7) is 8.29. The van der Waals surface area contributed by atoms with Crippen molar-refractivity contribution in [2.75, 3.05) is 0 Å². The number of benzene rings is 4. The first-order valence-corrected chi connectivity index (χ1v) is 14.4. The number of hydrogen-bond acceptors (Lipinski definition) is 6. The maximum absolute atomic E-state index is 11.7. The van der Waals surface area contributed by atoms with Gasteiger partial charge >= 0.3 is 16.5 Å². The average molecular weight is 744 g/mol. The summed E-state index contributed by atoms with van der Waals surface area (Å²) in [5, 5.41) is 22.0. The molecule has 0 spiro atoms. The number of rotatable bonds is 3. The van der Waals surface area contributed by atoms with E-state index < -0.39 is 21.5 Å². The molecule has 43 heavy (non-hydrogen) atoms. The van der Waals surface area contributed by atoms with Gasteiger partial charge in [0.25, 0.3) is 0 Å². The number of ether oxygens (including phenoxy) is 2. The number of fused-ring (bicyclic) bond motifs is 2. The van der Waals surface area contributed by atoms with Gasteiger partial charge < -0.3 is 19.7 Å². The summed E-state index contributed by atoms with van der Waals surface area (Å²) in [5.74, 6) is -2.74. The zero-order valence-electron chi connectivity index (χ0n) is 22.7. The normalized spacial score (nSPS) is 11.7. The van der Waals surface area contributed by atoms with Crippen molar-refractivity contribution >= 4 is 93.4 Å². The largest absolute Gasteiger partial charge is 2.00 e. The topological polar surface area (TPSA) is 89.3 Å². The molecule has 1 aliphatic rings. The molecule has 0 aliphatic carbocycles. The number of aryl methyl sites for hydroxylation is 4. The van der Waals surface area contributed by atoms with Crippen molar-refractivity contribution in [2.45, 2.75) is 27.7 Å². The third kappa shape index (κ3) is 7.15. The molecule has 1 heterocycles.